The summed E-state index contributed by atoms with van der Waals surface area (Å²) >= 11 is 18.7. The van der Waals surface area contributed by atoms with E-state index in [1.54, 1.807) is 18.3 Å². The van der Waals surface area contributed by atoms with E-state index in [9.17, 15) is 5.11 Å². The number of rotatable bonds is 4. The maximum atomic E-state index is 11.4. The van der Waals surface area contributed by atoms with Crippen LogP contribution in [-0.2, 0) is 7.05 Å². The molecule has 0 amide bonds. The van der Waals surface area contributed by atoms with Gasteiger partial charge in [0.05, 0.1) is 5.69 Å². The Morgan fingerprint density at radius 2 is 1.72 bits per heavy atom. The molecular formula is C23H18Cl3N2O-. The van der Waals surface area contributed by atoms with Gasteiger partial charge in [-0.15, -0.1) is 12.6 Å². The van der Waals surface area contributed by atoms with E-state index in [1.165, 1.54) is 0 Å². The number of halogens is 3. The molecule has 1 atom stereocenters. The van der Waals surface area contributed by atoms with E-state index >= 15 is 0 Å². The van der Waals surface area contributed by atoms with Gasteiger partial charge in [-0.25, -0.2) is 0 Å². The minimum atomic E-state index is -0.871. The Kier molecular flexibility index (Phi) is 5.75. The molecule has 1 unspecified atom stereocenters. The summed E-state index contributed by atoms with van der Waals surface area (Å²) in [7, 11) is 1.95. The number of aliphatic hydroxyl groups is 1. The largest absolute Gasteiger partial charge is 0.687 e. The summed E-state index contributed by atoms with van der Waals surface area (Å²) in [6.45, 7) is 0.616. The fraction of sp³-hybridized carbons (Fsp3) is 0.130. The highest BCUT2D eigenvalue weighted by Crippen LogP contribution is 2.43. The third kappa shape index (κ3) is 3.96. The summed E-state index contributed by atoms with van der Waals surface area (Å²) in [5, 5.41) is 17.4. The predicted molar refractivity (Wildman–Crippen MR) is 122 cm³/mol. The Morgan fingerprint density at radius 1 is 1.00 bits per heavy atom. The van der Waals surface area contributed by atoms with Gasteiger partial charge in [0.25, 0.3) is 0 Å². The number of nitrogens with zero attached hydrogens (tertiary/aromatic N) is 2. The lowest BCUT2D eigenvalue weighted by Gasteiger charge is -2.24. The van der Waals surface area contributed by atoms with Gasteiger partial charge in [-0.1, -0.05) is 59.1 Å². The Morgan fingerprint density at radius 3 is 2.38 bits per heavy atom. The normalized spacial score (nSPS) is 14.4. The van der Waals surface area contributed by atoms with Crippen molar-refractivity contribution in [3.63, 3.8) is 0 Å². The molecule has 0 aliphatic carbocycles. The monoisotopic (exact) mass is 443 g/mol. The maximum Gasteiger partial charge on any atom is 0.105 e. The molecule has 0 radical (unpaired) electrons. The molecule has 3 nitrogen and oxygen atoms in total. The van der Waals surface area contributed by atoms with Gasteiger partial charge in [0, 0.05) is 45.0 Å². The first kappa shape index (κ1) is 20.1. The van der Waals surface area contributed by atoms with Crippen molar-refractivity contribution in [1.82, 2.24) is 4.57 Å². The number of aryl methyl sites for hydroxylation is 1. The van der Waals surface area contributed by atoms with Crippen LogP contribution in [0.3, 0.4) is 0 Å². The van der Waals surface area contributed by atoms with Gasteiger partial charge in [-0.05, 0) is 35.4 Å². The smallest absolute Gasteiger partial charge is 0.105 e. The van der Waals surface area contributed by atoms with Crippen molar-refractivity contribution in [2.75, 3.05) is 6.54 Å². The third-order valence-corrected chi connectivity index (χ3v) is 5.71. The Bertz CT molecular complexity index is 1110. The molecule has 0 saturated carbocycles. The third-order valence-electron chi connectivity index (χ3n) is 4.91. The Labute approximate surface area is 184 Å². The Hall–Kier alpha value is -2.17. The van der Waals surface area contributed by atoms with Gasteiger partial charge in [0.1, 0.15) is 6.10 Å². The average molecular weight is 445 g/mol. The van der Waals surface area contributed by atoms with Crippen LogP contribution in [0.5, 0.6) is 0 Å². The highest BCUT2D eigenvalue weighted by molar-refractivity contribution is 6.36. The van der Waals surface area contributed by atoms with Crippen molar-refractivity contribution in [2.45, 2.75) is 6.10 Å². The molecule has 0 fully saturated rings. The predicted octanol–water partition coefficient (Wildman–Crippen LogP) is 7.18. The molecule has 4 rings (SSSR count). The maximum absolute atomic E-state index is 11.4. The molecule has 148 valence electrons. The SMILES string of the molecule is Cn1cc(-c2ccc(Cl)cc2Cl)c(C(O)C2=C[N-]CC=C2)c1-c1ccc(Cl)cc1. The summed E-state index contributed by atoms with van der Waals surface area (Å²) in [5.41, 5.74) is 4.95. The minimum Gasteiger partial charge on any atom is -0.687 e. The zero-order valence-corrected chi connectivity index (χ0v) is 17.9. The van der Waals surface area contributed by atoms with Crippen LogP contribution in [-0.4, -0.2) is 16.2 Å². The zero-order valence-electron chi connectivity index (χ0n) is 15.6. The van der Waals surface area contributed by atoms with Crippen LogP contribution in [0.1, 0.15) is 11.7 Å². The van der Waals surface area contributed by atoms with Crippen molar-refractivity contribution in [1.29, 1.82) is 0 Å². The quantitative estimate of drug-likeness (QED) is 0.455. The van der Waals surface area contributed by atoms with Crippen molar-refractivity contribution < 1.29 is 5.11 Å². The fourth-order valence-electron chi connectivity index (χ4n) is 3.59. The Balaban J connectivity index is 1.96. The second-order valence-corrected chi connectivity index (χ2v) is 8.13. The molecule has 2 heterocycles. The molecule has 0 spiro atoms. The first-order valence-corrected chi connectivity index (χ1v) is 10.2. The molecule has 0 saturated heterocycles. The molecule has 2 aromatic carbocycles. The average Bonchev–Trinajstić information content (AvgIpc) is 3.05. The van der Waals surface area contributed by atoms with E-state index in [2.05, 4.69) is 5.32 Å². The summed E-state index contributed by atoms with van der Waals surface area (Å²) in [5.74, 6) is 0. The van der Waals surface area contributed by atoms with Crippen LogP contribution in [0.25, 0.3) is 27.7 Å². The number of hydrogen-bond donors (Lipinski definition) is 1. The van der Waals surface area contributed by atoms with E-state index in [0.717, 1.165) is 33.5 Å². The summed E-state index contributed by atoms with van der Waals surface area (Å²) in [4.78, 5) is 0. The van der Waals surface area contributed by atoms with Crippen molar-refractivity contribution >= 4 is 34.8 Å². The van der Waals surface area contributed by atoms with Gasteiger partial charge in [-0.3, -0.25) is 0 Å². The second-order valence-electron chi connectivity index (χ2n) is 6.85. The van der Waals surface area contributed by atoms with Crippen LogP contribution in [0.4, 0.5) is 0 Å². The minimum absolute atomic E-state index is 0.525. The summed E-state index contributed by atoms with van der Waals surface area (Å²) in [6.07, 6.45) is 6.66. The lowest BCUT2D eigenvalue weighted by atomic mass is 9.92. The number of aromatic nitrogens is 1. The van der Waals surface area contributed by atoms with Crippen LogP contribution in [0.15, 0.2) is 72.6 Å². The van der Waals surface area contributed by atoms with Gasteiger partial charge < -0.3 is 15.0 Å². The molecule has 29 heavy (non-hydrogen) atoms. The molecule has 1 N–H and O–H groups in total. The summed E-state index contributed by atoms with van der Waals surface area (Å²) < 4.78 is 1.99. The van der Waals surface area contributed by atoms with Crippen LogP contribution in [0.2, 0.25) is 15.1 Å². The lowest BCUT2D eigenvalue weighted by Crippen LogP contribution is -2.05. The van der Waals surface area contributed by atoms with E-state index in [4.69, 9.17) is 34.8 Å². The number of hydrogen-bond acceptors (Lipinski definition) is 1. The van der Waals surface area contributed by atoms with Crippen LogP contribution >= 0.6 is 34.8 Å². The molecule has 3 aromatic rings. The molecular weight excluding hydrogens is 427 g/mol. The highest BCUT2D eigenvalue weighted by Gasteiger charge is 2.25. The van der Waals surface area contributed by atoms with E-state index in [0.29, 0.717) is 21.6 Å². The molecule has 0 bridgehead atoms. The van der Waals surface area contributed by atoms with Gasteiger partial charge in [-0.2, -0.15) is 6.20 Å². The van der Waals surface area contributed by atoms with E-state index in [1.807, 2.05) is 60.3 Å². The first-order valence-electron chi connectivity index (χ1n) is 9.07. The van der Waals surface area contributed by atoms with Crippen molar-refractivity contribution in [2.24, 2.45) is 7.05 Å². The number of benzene rings is 2. The van der Waals surface area contributed by atoms with Crippen LogP contribution in [0, 0.1) is 0 Å². The molecule has 1 aromatic heterocycles. The van der Waals surface area contributed by atoms with Crippen molar-refractivity contribution in [3.8, 4) is 22.4 Å². The standard InChI is InChI=1S/C23H18Cl3N2O/c1-28-13-19(18-9-8-17(25)11-20(18)26)21(23(29)15-3-2-10-27-12-15)22(28)14-4-6-16(24)7-5-14/h2-9,11-13,23,29H,10H2,1H3/q-1. The highest BCUT2D eigenvalue weighted by atomic mass is 35.5. The van der Waals surface area contributed by atoms with Gasteiger partial charge in [0.2, 0.25) is 0 Å². The molecule has 1 aliphatic heterocycles. The first-order chi connectivity index (χ1) is 14.0. The lowest BCUT2D eigenvalue weighted by molar-refractivity contribution is 0.220. The van der Waals surface area contributed by atoms with Gasteiger partial charge >= 0.3 is 0 Å². The topological polar surface area (TPSA) is 39.3 Å². The molecule has 1 aliphatic rings. The molecule has 6 heteroatoms. The van der Waals surface area contributed by atoms with Gasteiger partial charge in [0.15, 0.2) is 0 Å². The van der Waals surface area contributed by atoms with Crippen LogP contribution < -0.4 is 0 Å². The van der Waals surface area contributed by atoms with Crippen molar-refractivity contribution in [3.05, 3.63) is 98.5 Å². The van der Waals surface area contributed by atoms with E-state index in [-0.39, 0.29) is 0 Å². The second kappa shape index (κ2) is 8.29. The zero-order chi connectivity index (χ0) is 20.5. The summed E-state index contributed by atoms with van der Waals surface area (Å²) in [6, 6.07) is 12.9. The fourth-order valence-corrected chi connectivity index (χ4v) is 4.23. The van der Waals surface area contributed by atoms with E-state index < -0.39 is 6.10 Å². The number of aliphatic hydroxyl groups excluding tert-OH is 1.